The lowest BCUT2D eigenvalue weighted by atomic mass is 10.1. The van der Waals surface area contributed by atoms with E-state index in [1.165, 1.54) is 11.1 Å². The van der Waals surface area contributed by atoms with Crippen LogP contribution in [0.1, 0.15) is 18.1 Å². The van der Waals surface area contributed by atoms with Crippen molar-refractivity contribution in [3.8, 4) is 17.1 Å². The van der Waals surface area contributed by atoms with Crippen LogP contribution in [0.3, 0.4) is 0 Å². The molecule has 0 radical (unpaired) electrons. The van der Waals surface area contributed by atoms with Crippen molar-refractivity contribution in [2.75, 3.05) is 14.2 Å². The summed E-state index contributed by atoms with van der Waals surface area (Å²) in [5, 5.41) is 4.80. The predicted molar refractivity (Wildman–Crippen MR) is 111 cm³/mol. The average Bonchev–Trinajstić information content (AvgIpc) is 2.99. The average molecular weight is 383 g/mol. The zero-order valence-corrected chi connectivity index (χ0v) is 17.2. The molecule has 0 bridgehead atoms. The van der Waals surface area contributed by atoms with Gasteiger partial charge in [0.05, 0.1) is 13.8 Å². The summed E-state index contributed by atoms with van der Waals surface area (Å²) in [5.41, 5.74) is 3.65. The normalized spacial score (nSPS) is 11.1. The van der Waals surface area contributed by atoms with E-state index in [1.807, 2.05) is 28.9 Å². The molecule has 0 aliphatic rings. The Bertz CT molecular complexity index is 959. The van der Waals surface area contributed by atoms with Crippen LogP contribution in [0.15, 0.2) is 48.5 Å². The molecule has 0 saturated heterocycles. The first-order chi connectivity index (χ1) is 13.0. The maximum Gasteiger partial charge on any atom is 0.199 e. The van der Waals surface area contributed by atoms with Crippen LogP contribution in [0.2, 0.25) is 0 Å². The highest BCUT2D eigenvalue weighted by atomic mass is 32.1. The summed E-state index contributed by atoms with van der Waals surface area (Å²) in [5.74, 6) is 1.72. The minimum Gasteiger partial charge on any atom is -0.497 e. The zero-order chi connectivity index (χ0) is 19.4. The van der Waals surface area contributed by atoms with Gasteiger partial charge in [0.1, 0.15) is 5.75 Å². The molecule has 5 nitrogen and oxygen atoms in total. The second kappa shape index (κ2) is 8.50. The van der Waals surface area contributed by atoms with Crippen molar-refractivity contribution in [1.82, 2.24) is 19.2 Å². The number of nitrogens with zero attached hydrogens (tertiary/aromatic N) is 4. The minimum atomic E-state index is 0.642. The van der Waals surface area contributed by atoms with Gasteiger partial charge >= 0.3 is 0 Å². The predicted octanol–water partition coefficient (Wildman–Crippen LogP) is 4.51. The molecule has 27 heavy (non-hydrogen) atoms. The fourth-order valence-electron chi connectivity index (χ4n) is 3.13. The van der Waals surface area contributed by atoms with E-state index in [4.69, 9.17) is 22.1 Å². The Morgan fingerprint density at radius 2 is 1.81 bits per heavy atom. The summed E-state index contributed by atoms with van der Waals surface area (Å²) in [4.78, 5) is 2.23. The Labute approximate surface area is 165 Å². The molecule has 0 saturated carbocycles. The number of hydrogen-bond acceptors (Lipinski definition) is 4. The van der Waals surface area contributed by atoms with Gasteiger partial charge in [-0.2, -0.15) is 5.10 Å². The third-order valence-electron chi connectivity index (χ3n) is 4.66. The summed E-state index contributed by atoms with van der Waals surface area (Å²) in [6, 6.07) is 16.4. The Morgan fingerprint density at radius 3 is 2.44 bits per heavy atom. The highest BCUT2D eigenvalue weighted by Crippen LogP contribution is 2.22. The quantitative estimate of drug-likeness (QED) is 0.563. The molecule has 1 aromatic heterocycles. The van der Waals surface area contributed by atoms with Gasteiger partial charge in [0.2, 0.25) is 0 Å². The topological polar surface area (TPSA) is 35.2 Å². The van der Waals surface area contributed by atoms with Crippen molar-refractivity contribution in [3.63, 3.8) is 0 Å². The van der Waals surface area contributed by atoms with Crippen molar-refractivity contribution in [2.24, 2.45) is 0 Å². The number of ether oxygens (including phenoxy) is 1. The first-order valence-electron chi connectivity index (χ1n) is 9.08. The van der Waals surface area contributed by atoms with E-state index in [0.717, 1.165) is 35.0 Å². The number of aryl methyl sites for hydroxylation is 1. The minimum absolute atomic E-state index is 0.642. The summed E-state index contributed by atoms with van der Waals surface area (Å²) in [6.45, 7) is 6.50. The van der Waals surface area contributed by atoms with E-state index < -0.39 is 0 Å². The number of hydrogen-bond donors (Lipinski definition) is 0. The Morgan fingerprint density at radius 1 is 1.11 bits per heavy atom. The highest BCUT2D eigenvalue weighted by molar-refractivity contribution is 7.71. The van der Waals surface area contributed by atoms with Crippen LogP contribution in [0.4, 0.5) is 0 Å². The monoisotopic (exact) mass is 382 g/mol. The lowest BCUT2D eigenvalue weighted by Crippen LogP contribution is -2.23. The fourth-order valence-corrected chi connectivity index (χ4v) is 3.44. The molecule has 0 N–H and O–H groups in total. The molecule has 142 valence electrons. The summed E-state index contributed by atoms with van der Waals surface area (Å²) < 4.78 is 9.95. The van der Waals surface area contributed by atoms with Crippen LogP contribution >= 0.6 is 12.2 Å². The molecule has 0 amide bonds. The maximum atomic E-state index is 5.68. The van der Waals surface area contributed by atoms with Gasteiger partial charge in [-0.1, -0.05) is 24.3 Å². The van der Waals surface area contributed by atoms with Gasteiger partial charge < -0.3 is 9.30 Å². The molecular formula is C21H26N4OS. The molecule has 2 aromatic carbocycles. The third-order valence-corrected chi connectivity index (χ3v) is 5.10. The lowest BCUT2D eigenvalue weighted by Gasteiger charge is -2.17. The molecule has 0 fully saturated rings. The van der Waals surface area contributed by atoms with Crippen LogP contribution in [0.25, 0.3) is 11.4 Å². The van der Waals surface area contributed by atoms with E-state index in [9.17, 15) is 0 Å². The molecule has 0 unspecified atom stereocenters. The Balaban J connectivity index is 1.84. The smallest absolute Gasteiger partial charge is 0.199 e. The number of benzene rings is 2. The van der Waals surface area contributed by atoms with E-state index in [1.54, 1.807) is 7.11 Å². The van der Waals surface area contributed by atoms with Crippen molar-refractivity contribution in [2.45, 2.75) is 33.6 Å². The van der Waals surface area contributed by atoms with Gasteiger partial charge in [-0.15, -0.1) is 0 Å². The summed E-state index contributed by atoms with van der Waals surface area (Å²) in [7, 11) is 3.76. The lowest BCUT2D eigenvalue weighted by molar-refractivity contribution is 0.243. The third kappa shape index (κ3) is 4.28. The largest absolute Gasteiger partial charge is 0.497 e. The number of methoxy groups -OCH3 is 1. The SMILES string of the molecule is CCn1c(-c2ccc(OC)cc2)nn(CN(C)Cc2ccccc2C)c1=S. The van der Waals surface area contributed by atoms with Crippen molar-refractivity contribution in [3.05, 3.63) is 64.4 Å². The van der Waals surface area contributed by atoms with Crippen molar-refractivity contribution >= 4 is 12.2 Å². The molecule has 0 aliphatic carbocycles. The molecule has 0 atom stereocenters. The molecular weight excluding hydrogens is 356 g/mol. The molecule has 1 heterocycles. The van der Waals surface area contributed by atoms with E-state index in [-0.39, 0.29) is 0 Å². The van der Waals surface area contributed by atoms with Gasteiger partial charge in [0, 0.05) is 18.7 Å². The molecule has 3 rings (SSSR count). The van der Waals surface area contributed by atoms with Gasteiger partial charge in [0.15, 0.2) is 10.6 Å². The van der Waals surface area contributed by atoms with E-state index in [0.29, 0.717) is 6.67 Å². The number of rotatable bonds is 7. The van der Waals surface area contributed by atoms with Crippen LogP contribution in [0.5, 0.6) is 5.75 Å². The molecule has 0 spiro atoms. The summed E-state index contributed by atoms with van der Waals surface area (Å²) >= 11 is 5.68. The van der Waals surface area contributed by atoms with E-state index in [2.05, 4.69) is 54.6 Å². The van der Waals surface area contributed by atoms with Crippen LogP contribution in [-0.4, -0.2) is 33.4 Å². The maximum absolute atomic E-state index is 5.68. The van der Waals surface area contributed by atoms with Gasteiger partial charge in [-0.05, 0) is 68.5 Å². The molecule has 6 heteroatoms. The first-order valence-corrected chi connectivity index (χ1v) is 9.49. The first kappa shape index (κ1) is 19.3. The summed E-state index contributed by atoms with van der Waals surface area (Å²) in [6.07, 6.45) is 0. The van der Waals surface area contributed by atoms with Crippen LogP contribution in [0, 0.1) is 11.7 Å². The van der Waals surface area contributed by atoms with Gasteiger partial charge in [-0.25, -0.2) is 4.68 Å². The standard InChI is InChI=1S/C21H26N4OS/c1-5-24-20(17-10-12-19(26-4)13-11-17)22-25(21(24)27)15-23(3)14-18-9-7-6-8-16(18)2/h6-13H,5,14-15H2,1-4H3. The van der Waals surface area contributed by atoms with Gasteiger partial charge in [0.25, 0.3) is 0 Å². The second-order valence-corrected chi connectivity index (χ2v) is 7.03. The zero-order valence-electron chi connectivity index (χ0n) is 16.3. The molecule has 0 aliphatic heterocycles. The van der Waals surface area contributed by atoms with Crippen molar-refractivity contribution < 1.29 is 4.74 Å². The number of aromatic nitrogens is 3. The van der Waals surface area contributed by atoms with Crippen LogP contribution < -0.4 is 4.74 Å². The van der Waals surface area contributed by atoms with E-state index >= 15 is 0 Å². The van der Waals surface area contributed by atoms with Gasteiger partial charge in [-0.3, -0.25) is 4.90 Å². The second-order valence-electron chi connectivity index (χ2n) is 6.66. The van der Waals surface area contributed by atoms with Crippen molar-refractivity contribution in [1.29, 1.82) is 0 Å². The Hall–Kier alpha value is -2.44. The Kier molecular flexibility index (Phi) is 6.08. The fraction of sp³-hybridized carbons (Fsp3) is 0.333. The van der Waals surface area contributed by atoms with Crippen LogP contribution in [-0.2, 0) is 19.8 Å². The molecule has 3 aromatic rings. The highest BCUT2D eigenvalue weighted by Gasteiger charge is 2.13.